The molecule has 1 saturated carbocycles. The first-order valence-electron chi connectivity index (χ1n) is 11.8. The number of aromatic nitrogens is 1. The highest BCUT2D eigenvalue weighted by Crippen LogP contribution is 2.42. The zero-order chi connectivity index (χ0) is 20.9. The number of ether oxygens (including phenoxy) is 1. The van der Waals surface area contributed by atoms with Crippen molar-refractivity contribution in [1.82, 2.24) is 4.98 Å². The van der Waals surface area contributed by atoms with E-state index in [1.54, 1.807) is 12.1 Å². The summed E-state index contributed by atoms with van der Waals surface area (Å²) in [5.41, 5.74) is 2.29. The van der Waals surface area contributed by atoms with Gasteiger partial charge in [0.05, 0.1) is 19.2 Å². The summed E-state index contributed by atoms with van der Waals surface area (Å²) in [4.78, 5) is 12.2. The van der Waals surface area contributed by atoms with E-state index in [-0.39, 0.29) is 5.82 Å². The number of fused-ring (bicyclic) bond motifs is 3. The summed E-state index contributed by atoms with van der Waals surface area (Å²) in [6.45, 7) is 4.38. The summed E-state index contributed by atoms with van der Waals surface area (Å²) in [5.74, 6) is 2.91. The van der Waals surface area contributed by atoms with Crippen LogP contribution in [0, 0.1) is 17.7 Å². The molecule has 4 aliphatic heterocycles. The van der Waals surface area contributed by atoms with Crippen LogP contribution in [0.1, 0.15) is 32.1 Å². The average molecular weight is 423 g/mol. The molecule has 31 heavy (non-hydrogen) atoms. The largest absolute Gasteiger partial charge is 0.494 e. The molecule has 6 heteroatoms. The number of halogens is 1. The number of benzene rings is 1. The highest BCUT2D eigenvalue weighted by atomic mass is 19.1. The molecule has 5 aliphatic rings. The molecule has 7 rings (SSSR count). The number of anilines is 3. The van der Waals surface area contributed by atoms with E-state index in [2.05, 4.69) is 26.8 Å². The Morgan fingerprint density at radius 3 is 2.52 bits per heavy atom. The lowest BCUT2D eigenvalue weighted by Crippen LogP contribution is -2.50. The van der Waals surface area contributed by atoms with E-state index in [4.69, 9.17) is 9.72 Å². The summed E-state index contributed by atoms with van der Waals surface area (Å²) >= 11 is 0. The van der Waals surface area contributed by atoms with Crippen LogP contribution < -0.4 is 19.4 Å². The molecule has 1 aliphatic carbocycles. The zero-order valence-electron chi connectivity index (χ0n) is 18.2. The molecule has 1 aromatic heterocycles. The second-order valence-corrected chi connectivity index (χ2v) is 9.75. The van der Waals surface area contributed by atoms with E-state index < -0.39 is 0 Å². The van der Waals surface area contributed by atoms with Crippen LogP contribution in [-0.4, -0.2) is 50.4 Å². The van der Waals surface area contributed by atoms with Crippen molar-refractivity contribution >= 4 is 17.2 Å². The smallest absolute Gasteiger partial charge is 0.167 e. The van der Waals surface area contributed by atoms with Gasteiger partial charge in [0.1, 0.15) is 5.82 Å². The molecule has 4 saturated heterocycles. The summed E-state index contributed by atoms with van der Waals surface area (Å²) in [5, 5.41) is 0. The van der Waals surface area contributed by atoms with Crippen LogP contribution in [0.3, 0.4) is 0 Å². The lowest BCUT2D eigenvalue weighted by Gasteiger charge is -2.48. The maximum atomic E-state index is 14.4. The van der Waals surface area contributed by atoms with Crippen molar-refractivity contribution in [2.75, 3.05) is 48.0 Å². The second kappa shape index (κ2) is 7.57. The van der Waals surface area contributed by atoms with Gasteiger partial charge in [-0.2, -0.15) is 0 Å². The lowest BCUT2D eigenvalue weighted by atomic mass is 9.71. The van der Waals surface area contributed by atoms with Gasteiger partial charge in [0.15, 0.2) is 11.6 Å². The van der Waals surface area contributed by atoms with Gasteiger partial charge in [0, 0.05) is 55.9 Å². The first-order valence-corrected chi connectivity index (χ1v) is 11.8. The summed E-state index contributed by atoms with van der Waals surface area (Å²) < 4.78 is 19.5. The molecule has 2 bridgehead atoms. The molecular weight excluding hydrogens is 391 g/mol. The number of nitrogens with zero attached hydrogens (tertiary/aromatic N) is 4. The molecule has 2 aromatic rings. The Hall–Kier alpha value is -2.50. The van der Waals surface area contributed by atoms with E-state index >= 15 is 0 Å². The first kappa shape index (κ1) is 19.2. The Morgan fingerprint density at radius 1 is 0.935 bits per heavy atom. The molecule has 2 atom stereocenters. The first-order chi connectivity index (χ1) is 15.2. The van der Waals surface area contributed by atoms with Gasteiger partial charge in [0.25, 0.3) is 0 Å². The zero-order valence-corrected chi connectivity index (χ0v) is 18.2. The summed E-state index contributed by atoms with van der Waals surface area (Å²) in [7, 11) is 1.51. The van der Waals surface area contributed by atoms with Gasteiger partial charge in [-0.3, -0.25) is 0 Å². The molecule has 0 unspecified atom stereocenters. The fraction of sp³-hybridized carbons (Fsp3) is 0.560. The normalized spacial score (nSPS) is 29.5. The Balaban J connectivity index is 1.23. The number of piperidine rings is 3. The topological polar surface area (TPSA) is 31.8 Å². The summed E-state index contributed by atoms with van der Waals surface area (Å²) in [6, 6.07) is 10.7. The number of rotatable bonds is 4. The lowest BCUT2D eigenvalue weighted by molar-refractivity contribution is 0.159. The molecule has 0 radical (unpaired) electrons. The van der Waals surface area contributed by atoms with Crippen molar-refractivity contribution in [2.24, 2.45) is 11.8 Å². The molecular formula is C25H31FN4O. The van der Waals surface area contributed by atoms with Gasteiger partial charge in [-0.05, 0) is 62.1 Å². The standard InChI is InChI=1S/C25H31FN4O/c1-31-24-5-4-20(13-21(24)26)29-9-2-3-22-23(29)7-10-30(22)25-14-19(6-8-27-25)28-15-17-11-18(12-17)16-28/h4-6,8,13-14,17-18,22-23H,2-3,7,9-12,15-16H2,1H3/t17?,18?,22-,23-/m1/s1. The Labute approximate surface area is 183 Å². The van der Waals surface area contributed by atoms with Gasteiger partial charge in [0.2, 0.25) is 0 Å². The van der Waals surface area contributed by atoms with E-state index in [0.717, 1.165) is 49.3 Å². The van der Waals surface area contributed by atoms with Crippen LogP contribution in [0.25, 0.3) is 0 Å². The van der Waals surface area contributed by atoms with Gasteiger partial charge in [-0.25, -0.2) is 9.37 Å². The molecule has 5 heterocycles. The van der Waals surface area contributed by atoms with Gasteiger partial charge in [-0.1, -0.05) is 0 Å². The minimum Gasteiger partial charge on any atom is -0.494 e. The minimum atomic E-state index is -0.286. The van der Waals surface area contributed by atoms with E-state index in [9.17, 15) is 4.39 Å². The Morgan fingerprint density at radius 2 is 1.74 bits per heavy atom. The van der Waals surface area contributed by atoms with Crippen LogP contribution in [-0.2, 0) is 0 Å². The number of hydrogen-bond donors (Lipinski definition) is 0. The van der Waals surface area contributed by atoms with Crippen molar-refractivity contribution < 1.29 is 9.13 Å². The number of hydrogen-bond acceptors (Lipinski definition) is 5. The Kier molecular flexibility index (Phi) is 4.69. The van der Waals surface area contributed by atoms with Crippen molar-refractivity contribution in [3.8, 4) is 5.75 Å². The molecule has 1 aromatic carbocycles. The fourth-order valence-electron chi connectivity index (χ4n) is 6.47. The van der Waals surface area contributed by atoms with E-state index in [0.29, 0.717) is 17.8 Å². The highest BCUT2D eigenvalue weighted by molar-refractivity contribution is 5.58. The van der Waals surface area contributed by atoms with Gasteiger partial charge >= 0.3 is 0 Å². The summed E-state index contributed by atoms with van der Waals surface area (Å²) in [6.07, 6.45) is 8.19. The molecule has 5 nitrogen and oxygen atoms in total. The van der Waals surface area contributed by atoms with Gasteiger partial charge < -0.3 is 19.4 Å². The van der Waals surface area contributed by atoms with Crippen molar-refractivity contribution in [3.63, 3.8) is 0 Å². The van der Waals surface area contributed by atoms with Crippen LogP contribution in [0.5, 0.6) is 5.75 Å². The third-order valence-corrected chi connectivity index (χ3v) is 7.96. The quantitative estimate of drug-likeness (QED) is 0.733. The number of methoxy groups -OCH3 is 1. The SMILES string of the molecule is COc1ccc(N2CCC[C@@H]3[C@H]2CCN3c2cc(N3CC4CC(C4)C3)ccn2)cc1F. The van der Waals surface area contributed by atoms with Crippen molar-refractivity contribution in [1.29, 1.82) is 0 Å². The molecule has 0 amide bonds. The van der Waals surface area contributed by atoms with Crippen LogP contribution >= 0.6 is 0 Å². The van der Waals surface area contributed by atoms with Gasteiger partial charge in [-0.15, -0.1) is 0 Å². The molecule has 5 fully saturated rings. The second-order valence-electron chi connectivity index (χ2n) is 9.75. The van der Waals surface area contributed by atoms with Crippen LogP contribution in [0.4, 0.5) is 21.6 Å². The maximum absolute atomic E-state index is 14.4. The number of pyridine rings is 1. The average Bonchev–Trinajstić information content (AvgIpc) is 3.23. The minimum absolute atomic E-state index is 0.286. The maximum Gasteiger partial charge on any atom is 0.167 e. The van der Waals surface area contributed by atoms with Crippen LogP contribution in [0.15, 0.2) is 36.5 Å². The Bertz CT molecular complexity index is 952. The van der Waals surface area contributed by atoms with Crippen molar-refractivity contribution in [3.05, 3.63) is 42.3 Å². The molecule has 0 spiro atoms. The van der Waals surface area contributed by atoms with Crippen molar-refractivity contribution in [2.45, 2.75) is 44.2 Å². The fourth-order valence-corrected chi connectivity index (χ4v) is 6.47. The third kappa shape index (κ3) is 3.31. The predicted octanol–water partition coefficient (Wildman–Crippen LogP) is 4.32. The highest BCUT2D eigenvalue weighted by Gasteiger charge is 2.41. The van der Waals surface area contributed by atoms with E-state index in [1.165, 1.54) is 45.1 Å². The monoisotopic (exact) mass is 422 g/mol. The molecule has 0 N–H and O–H groups in total. The van der Waals surface area contributed by atoms with E-state index in [1.807, 2.05) is 12.3 Å². The third-order valence-electron chi connectivity index (χ3n) is 7.96. The van der Waals surface area contributed by atoms with Crippen LogP contribution in [0.2, 0.25) is 0 Å². The molecule has 164 valence electrons. The predicted molar refractivity (Wildman–Crippen MR) is 122 cm³/mol.